The lowest BCUT2D eigenvalue weighted by atomic mass is 10.1. The second-order valence-corrected chi connectivity index (χ2v) is 4.64. The maximum Gasteiger partial charge on any atom is 0.419 e. The van der Waals surface area contributed by atoms with E-state index >= 15 is 0 Å². The molecule has 0 aliphatic carbocycles. The van der Waals surface area contributed by atoms with Gasteiger partial charge in [-0.15, -0.1) is 0 Å². The summed E-state index contributed by atoms with van der Waals surface area (Å²) in [6.45, 7) is 2.75. The Labute approximate surface area is 118 Å². The number of anilines is 1. The predicted octanol–water partition coefficient (Wildman–Crippen LogP) is 2.78. The van der Waals surface area contributed by atoms with Gasteiger partial charge in [-0.3, -0.25) is 0 Å². The molecule has 1 saturated heterocycles. The Balaban J connectivity index is 2.15. The van der Waals surface area contributed by atoms with Crippen molar-refractivity contribution in [2.24, 2.45) is 0 Å². The van der Waals surface area contributed by atoms with Gasteiger partial charge in [0.2, 0.25) is 0 Å². The molecule has 1 N–H and O–H groups in total. The smallest absolute Gasteiger partial charge is 0.419 e. The second kappa shape index (κ2) is 5.79. The number of ether oxygens (including phenoxy) is 1. The number of hydrogen-bond donors (Lipinski definition) is 1. The van der Waals surface area contributed by atoms with E-state index < -0.39 is 23.7 Å². The lowest BCUT2D eigenvalue weighted by molar-refractivity contribution is -0.139. The molecule has 0 aromatic heterocycles. The average molecular weight is 306 g/mol. The first-order valence-corrected chi connectivity index (χ1v) is 6.36. The van der Waals surface area contributed by atoms with E-state index in [2.05, 4.69) is 5.32 Å². The summed E-state index contributed by atoms with van der Waals surface area (Å²) in [4.78, 5) is 12.6. The van der Waals surface area contributed by atoms with Gasteiger partial charge < -0.3 is 15.0 Å². The van der Waals surface area contributed by atoms with Crippen molar-refractivity contribution in [2.45, 2.75) is 19.1 Å². The van der Waals surface area contributed by atoms with Gasteiger partial charge >= 0.3 is 12.3 Å². The quantitative estimate of drug-likeness (QED) is 0.870. The Morgan fingerprint density at radius 2 is 2.14 bits per heavy atom. The molecule has 116 valence electrons. The van der Waals surface area contributed by atoms with Crippen molar-refractivity contribution in [2.75, 3.05) is 24.6 Å². The fourth-order valence-electron chi connectivity index (χ4n) is 2.14. The van der Waals surface area contributed by atoms with Crippen LogP contribution in [0.15, 0.2) is 18.2 Å². The highest BCUT2D eigenvalue weighted by Crippen LogP contribution is 2.33. The average Bonchev–Trinajstić information content (AvgIpc) is 2.80. The van der Waals surface area contributed by atoms with E-state index in [4.69, 9.17) is 4.74 Å². The summed E-state index contributed by atoms with van der Waals surface area (Å²) >= 11 is 0. The molecular formula is C13H14F4N2O2. The van der Waals surface area contributed by atoms with E-state index in [9.17, 15) is 22.4 Å². The van der Waals surface area contributed by atoms with Crippen LogP contribution < -0.4 is 10.2 Å². The van der Waals surface area contributed by atoms with E-state index in [-0.39, 0.29) is 12.6 Å². The van der Waals surface area contributed by atoms with Gasteiger partial charge in [0.05, 0.1) is 11.6 Å². The van der Waals surface area contributed by atoms with Crippen LogP contribution in [-0.2, 0) is 10.9 Å². The Hall–Kier alpha value is -1.99. The van der Waals surface area contributed by atoms with Crippen LogP contribution in [0.4, 0.5) is 28.0 Å². The number of alkyl halides is 3. The Morgan fingerprint density at radius 1 is 1.43 bits per heavy atom. The van der Waals surface area contributed by atoms with Crippen molar-refractivity contribution in [1.29, 1.82) is 0 Å². The summed E-state index contributed by atoms with van der Waals surface area (Å²) in [6.07, 6.45) is -5.25. The highest BCUT2D eigenvalue weighted by atomic mass is 19.4. The van der Waals surface area contributed by atoms with Crippen LogP contribution in [0.5, 0.6) is 0 Å². The van der Waals surface area contributed by atoms with Crippen molar-refractivity contribution in [3.63, 3.8) is 0 Å². The molecule has 0 bridgehead atoms. The summed E-state index contributed by atoms with van der Waals surface area (Å²) in [5.74, 6) is -1.31. The molecule has 4 nitrogen and oxygen atoms in total. The van der Waals surface area contributed by atoms with E-state index in [0.717, 1.165) is 12.1 Å². The highest BCUT2D eigenvalue weighted by Gasteiger charge is 2.34. The Kier molecular flexibility index (Phi) is 4.24. The Morgan fingerprint density at radius 3 is 2.62 bits per heavy atom. The topological polar surface area (TPSA) is 41.6 Å². The maximum atomic E-state index is 13.6. The highest BCUT2D eigenvalue weighted by molar-refractivity contribution is 5.69. The van der Waals surface area contributed by atoms with Gasteiger partial charge in [-0.1, -0.05) is 0 Å². The monoisotopic (exact) mass is 306 g/mol. The molecule has 1 heterocycles. The number of benzene rings is 1. The molecule has 21 heavy (non-hydrogen) atoms. The lowest BCUT2D eigenvalue weighted by Crippen LogP contribution is -2.39. The summed E-state index contributed by atoms with van der Waals surface area (Å²) in [5.41, 5.74) is -0.969. The zero-order valence-corrected chi connectivity index (χ0v) is 11.2. The van der Waals surface area contributed by atoms with Gasteiger partial charge in [-0.05, 0) is 25.1 Å². The number of carbonyl (C=O) groups is 1. The zero-order valence-electron chi connectivity index (χ0n) is 11.2. The first kappa shape index (κ1) is 15.4. The van der Waals surface area contributed by atoms with Crippen molar-refractivity contribution in [3.05, 3.63) is 29.6 Å². The summed E-state index contributed by atoms with van der Waals surface area (Å²) in [7, 11) is 0. The number of nitrogens with zero attached hydrogens (tertiary/aromatic N) is 1. The molecule has 1 aromatic carbocycles. The fraction of sp³-hybridized carbons (Fsp3) is 0.462. The molecule has 0 unspecified atom stereocenters. The molecule has 8 heteroatoms. The van der Waals surface area contributed by atoms with E-state index in [1.54, 1.807) is 11.8 Å². The molecule has 1 fully saturated rings. The zero-order chi connectivity index (χ0) is 15.6. The van der Waals surface area contributed by atoms with Crippen molar-refractivity contribution in [1.82, 2.24) is 5.32 Å². The number of hydrogen-bond acceptors (Lipinski definition) is 3. The fourth-order valence-corrected chi connectivity index (χ4v) is 2.14. The minimum Gasteiger partial charge on any atom is -0.447 e. The molecule has 1 aromatic rings. The molecule has 1 amide bonds. The van der Waals surface area contributed by atoms with Crippen LogP contribution in [0.3, 0.4) is 0 Å². The van der Waals surface area contributed by atoms with Gasteiger partial charge in [-0.2, -0.15) is 13.2 Å². The van der Waals surface area contributed by atoms with E-state index in [0.29, 0.717) is 18.8 Å². The van der Waals surface area contributed by atoms with Gasteiger partial charge in [-0.25, -0.2) is 9.18 Å². The number of alkyl carbamates (subject to hydrolysis) is 1. The van der Waals surface area contributed by atoms with Gasteiger partial charge in [0.1, 0.15) is 12.4 Å². The van der Waals surface area contributed by atoms with Crippen LogP contribution in [0.1, 0.15) is 12.5 Å². The van der Waals surface area contributed by atoms with Gasteiger partial charge in [0.15, 0.2) is 0 Å². The van der Waals surface area contributed by atoms with Crippen LogP contribution >= 0.6 is 0 Å². The van der Waals surface area contributed by atoms with E-state index in [1.165, 1.54) is 6.07 Å². The number of cyclic esters (lactones) is 1. The molecule has 2 rings (SSSR count). The van der Waals surface area contributed by atoms with E-state index in [1.807, 2.05) is 0 Å². The SMILES string of the molecule is CCN(C[C@H]1COC(=O)N1)c1ccc(C(F)(F)F)c(F)c1. The number of likely N-dealkylation sites (N-methyl/N-ethyl adjacent to an activating group) is 1. The number of carbonyl (C=O) groups excluding carboxylic acids is 1. The first-order chi connectivity index (χ1) is 9.81. The second-order valence-electron chi connectivity index (χ2n) is 4.64. The standard InChI is InChI=1S/C13H14F4N2O2/c1-2-19(6-8-7-21-12(20)18-8)9-3-4-10(11(14)5-9)13(15,16)17/h3-5,8H,2,6-7H2,1H3,(H,18,20)/t8-/m0/s1. The number of amides is 1. The number of halogens is 4. The van der Waals surface area contributed by atoms with Gasteiger partial charge in [0, 0.05) is 18.8 Å². The minimum atomic E-state index is -4.72. The summed E-state index contributed by atoms with van der Waals surface area (Å²) in [5, 5.41) is 2.56. The molecule has 1 atom stereocenters. The maximum absolute atomic E-state index is 13.6. The largest absolute Gasteiger partial charge is 0.447 e. The lowest BCUT2D eigenvalue weighted by Gasteiger charge is -2.26. The van der Waals surface area contributed by atoms with Crippen LogP contribution in [0.25, 0.3) is 0 Å². The normalized spacial score (nSPS) is 18.3. The van der Waals surface area contributed by atoms with Crippen LogP contribution in [0, 0.1) is 5.82 Å². The molecule has 1 aliphatic rings. The minimum absolute atomic E-state index is 0.179. The summed E-state index contributed by atoms with van der Waals surface area (Å²) in [6, 6.07) is 2.51. The third-order valence-electron chi connectivity index (χ3n) is 3.18. The van der Waals surface area contributed by atoms with Crippen LogP contribution in [0.2, 0.25) is 0 Å². The predicted molar refractivity (Wildman–Crippen MR) is 67.6 cm³/mol. The molecule has 0 radical (unpaired) electrons. The Bertz CT molecular complexity index is 533. The van der Waals surface area contributed by atoms with Gasteiger partial charge in [0.25, 0.3) is 0 Å². The molecule has 0 saturated carbocycles. The third kappa shape index (κ3) is 3.56. The van der Waals surface area contributed by atoms with Crippen LogP contribution in [-0.4, -0.2) is 31.8 Å². The molecular weight excluding hydrogens is 292 g/mol. The van der Waals surface area contributed by atoms with Crippen molar-refractivity contribution in [3.8, 4) is 0 Å². The molecule has 1 aliphatic heterocycles. The first-order valence-electron chi connectivity index (χ1n) is 6.36. The van der Waals surface area contributed by atoms with Crippen molar-refractivity contribution < 1.29 is 27.1 Å². The summed E-state index contributed by atoms with van der Waals surface area (Å²) < 4.78 is 55.9. The van der Waals surface area contributed by atoms with Crippen molar-refractivity contribution >= 4 is 11.8 Å². The number of nitrogens with one attached hydrogen (secondary N) is 1. The third-order valence-corrected chi connectivity index (χ3v) is 3.18. The number of rotatable bonds is 4. The molecule has 0 spiro atoms.